The van der Waals surface area contributed by atoms with Gasteiger partial charge < -0.3 is 21.5 Å². The second kappa shape index (κ2) is 8.26. The Bertz CT molecular complexity index is 885. The van der Waals surface area contributed by atoms with Gasteiger partial charge in [-0.25, -0.2) is 13.6 Å². The number of hydrogen-bond donors (Lipinski definition) is 4. The monoisotopic (exact) mass is 377 g/mol. The van der Waals surface area contributed by atoms with Crippen molar-refractivity contribution in [3.05, 3.63) is 64.7 Å². The molecule has 9 heteroatoms. The van der Waals surface area contributed by atoms with Gasteiger partial charge in [0.1, 0.15) is 11.6 Å². The lowest BCUT2D eigenvalue weighted by Crippen LogP contribution is -2.34. The number of aryl methyl sites for hydroxylation is 1. The molecule has 2 rings (SSSR count). The average molecular weight is 377 g/mol. The van der Waals surface area contributed by atoms with Crippen LogP contribution < -0.4 is 16.4 Å². The van der Waals surface area contributed by atoms with Gasteiger partial charge in [-0.05, 0) is 36.2 Å². The molecule has 0 heterocycles. The minimum Gasteiger partial charge on any atom is -0.465 e. The van der Waals surface area contributed by atoms with E-state index in [0.717, 1.165) is 18.2 Å². The van der Waals surface area contributed by atoms with Crippen LogP contribution in [-0.4, -0.2) is 29.6 Å². The van der Waals surface area contributed by atoms with Crippen molar-refractivity contribution in [3.63, 3.8) is 0 Å². The minimum atomic E-state index is -1.37. The third-order valence-corrected chi connectivity index (χ3v) is 3.90. The van der Waals surface area contributed by atoms with Crippen molar-refractivity contribution >= 4 is 23.6 Å². The zero-order chi connectivity index (χ0) is 20.1. The molecule has 0 aliphatic rings. The van der Waals surface area contributed by atoms with Crippen LogP contribution in [-0.2, 0) is 4.79 Å². The number of hydrogen-bond acceptors (Lipinski definition) is 3. The van der Waals surface area contributed by atoms with Gasteiger partial charge in [0.15, 0.2) is 0 Å². The van der Waals surface area contributed by atoms with Crippen molar-refractivity contribution in [1.82, 2.24) is 5.32 Å². The molecule has 2 aromatic rings. The molecular formula is C18H17F2N3O4. The Morgan fingerprint density at radius 3 is 2.30 bits per heavy atom. The van der Waals surface area contributed by atoms with Crippen molar-refractivity contribution in [2.75, 3.05) is 11.9 Å². The van der Waals surface area contributed by atoms with E-state index in [-0.39, 0.29) is 12.1 Å². The number of primary amides is 1. The fourth-order valence-electron chi connectivity index (χ4n) is 2.58. The molecule has 7 nitrogen and oxygen atoms in total. The number of amides is 3. The summed E-state index contributed by atoms with van der Waals surface area (Å²) >= 11 is 0. The Labute approximate surface area is 153 Å². The van der Waals surface area contributed by atoms with Gasteiger partial charge in [-0.2, -0.15) is 0 Å². The van der Waals surface area contributed by atoms with Crippen molar-refractivity contribution in [3.8, 4) is 0 Å². The Morgan fingerprint density at radius 2 is 1.74 bits per heavy atom. The number of carbonyl (C=O) groups is 3. The predicted molar refractivity (Wildman–Crippen MR) is 93.5 cm³/mol. The van der Waals surface area contributed by atoms with Crippen molar-refractivity contribution in [2.45, 2.75) is 12.8 Å². The van der Waals surface area contributed by atoms with E-state index in [1.54, 1.807) is 0 Å². The minimum absolute atomic E-state index is 0.188. The Morgan fingerprint density at radius 1 is 1.11 bits per heavy atom. The molecule has 0 saturated carbocycles. The van der Waals surface area contributed by atoms with Crippen molar-refractivity contribution < 1.29 is 28.3 Å². The molecule has 0 aliphatic heterocycles. The standard InChI is InChI=1S/C18H17F2N3O4/c1-9-2-7-13(20)15(14(9)16(21)24)23-17(25)12(8-22-18(26)27)10-3-5-11(19)6-4-10/h2-7,12,22H,8H2,1H3,(H2,21,24)(H,23,25)(H,26,27). The summed E-state index contributed by atoms with van der Waals surface area (Å²) in [4.78, 5) is 35.1. The van der Waals surface area contributed by atoms with E-state index in [0.29, 0.717) is 11.1 Å². The first-order valence-corrected chi connectivity index (χ1v) is 7.82. The molecule has 3 amide bonds. The number of halogens is 2. The first-order valence-electron chi connectivity index (χ1n) is 7.82. The fourth-order valence-corrected chi connectivity index (χ4v) is 2.58. The third-order valence-electron chi connectivity index (χ3n) is 3.90. The molecule has 0 radical (unpaired) electrons. The van der Waals surface area contributed by atoms with E-state index in [1.165, 1.54) is 25.1 Å². The van der Waals surface area contributed by atoms with Crippen LogP contribution in [0.1, 0.15) is 27.4 Å². The molecular weight excluding hydrogens is 360 g/mol. The molecule has 5 N–H and O–H groups in total. The summed E-state index contributed by atoms with van der Waals surface area (Å²) in [6.45, 7) is 1.19. The summed E-state index contributed by atoms with van der Waals surface area (Å²) in [5.74, 6) is -4.22. The summed E-state index contributed by atoms with van der Waals surface area (Å²) in [5, 5.41) is 13.2. The van der Waals surface area contributed by atoms with Crippen LogP contribution in [0.5, 0.6) is 0 Å². The van der Waals surface area contributed by atoms with Gasteiger partial charge in [-0.3, -0.25) is 9.59 Å². The fraction of sp³-hybridized carbons (Fsp3) is 0.167. The first kappa shape index (κ1) is 19.8. The first-order chi connectivity index (χ1) is 12.7. The number of benzene rings is 2. The van der Waals surface area contributed by atoms with E-state index in [2.05, 4.69) is 10.6 Å². The lowest BCUT2D eigenvalue weighted by molar-refractivity contribution is -0.117. The second-order valence-electron chi connectivity index (χ2n) is 5.76. The Hall–Kier alpha value is -3.49. The number of anilines is 1. The van der Waals surface area contributed by atoms with Gasteiger partial charge in [-0.15, -0.1) is 0 Å². The van der Waals surface area contributed by atoms with Crippen LogP contribution >= 0.6 is 0 Å². The molecule has 27 heavy (non-hydrogen) atoms. The van der Waals surface area contributed by atoms with E-state index < -0.39 is 41.1 Å². The maximum Gasteiger partial charge on any atom is 0.404 e. The predicted octanol–water partition coefficient (Wildman–Crippen LogP) is 2.36. The van der Waals surface area contributed by atoms with Crippen molar-refractivity contribution in [1.29, 1.82) is 0 Å². The number of carboxylic acid groups (broad SMARTS) is 1. The average Bonchev–Trinajstić information content (AvgIpc) is 2.59. The molecule has 0 spiro atoms. The molecule has 0 fully saturated rings. The molecule has 0 aliphatic carbocycles. The smallest absolute Gasteiger partial charge is 0.404 e. The highest BCUT2D eigenvalue weighted by Gasteiger charge is 2.25. The maximum atomic E-state index is 14.2. The number of nitrogens with two attached hydrogens (primary N) is 1. The van der Waals surface area contributed by atoms with Crippen LogP contribution in [0.25, 0.3) is 0 Å². The summed E-state index contributed by atoms with van der Waals surface area (Å²) in [6.07, 6.45) is -1.37. The van der Waals surface area contributed by atoms with Gasteiger partial charge in [0.25, 0.3) is 5.91 Å². The van der Waals surface area contributed by atoms with Gasteiger partial charge in [0, 0.05) is 6.54 Å². The quantitative estimate of drug-likeness (QED) is 0.617. The summed E-state index contributed by atoms with van der Waals surface area (Å²) < 4.78 is 27.3. The molecule has 2 aromatic carbocycles. The zero-order valence-corrected chi connectivity index (χ0v) is 14.3. The van der Waals surface area contributed by atoms with Gasteiger partial charge in [0.2, 0.25) is 5.91 Å². The highest BCUT2D eigenvalue weighted by Crippen LogP contribution is 2.25. The highest BCUT2D eigenvalue weighted by atomic mass is 19.1. The van der Waals surface area contributed by atoms with Crippen LogP contribution in [0.2, 0.25) is 0 Å². The Balaban J connectivity index is 2.39. The lowest BCUT2D eigenvalue weighted by Gasteiger charge is -2.19. The van der Waals surface area contributed by atoms with Gasteiger partial charge >= 0.3 is 6.09 Å². The number of carbonyl (C=O) groups excluding carboxylic acids is 2. The molecule has 1 atom stereocenters. The molecule has 142 valence electrons. The third kappa shape index (κ3) is 4.78. The lowest BCUT2D eigenvalue weighted by atomic mass is 9.97. The highest BCUT2D eigenvalue weighted by molar-refractivity contribution is 6.05. The Kier molecular flexibility index (Phi) is 6.07. The second-order valence-corrected chi connectivity index (χ2v) is 5.76. The van der Waals surface area contributed by atoms with E-state index in [4.69, 9.17) is 10.8 Å². The SMILES string of the molecule is Cc1ccc(F)c(NC(=O)C(CNC(=O)O)c2ccc(F)cc2)c1C(N)=O. The van der Waals surface area contributed by atoms with Crippen LogP contribution in [0.4, 0.5) is 19.3 Å². The van der Waals surface area contributed by atoms with Crippen LogP contribution in [0, 0.1) is 18.6 Å². The van der Waals surface area contributed by atoms with E-state index in [9.17, 15) is 23.2 Å². The summed E-state index contributed by atoms with van der Waals surface area (Å²) in [5.41, 5.74) is 5.36. The summed E-state index contributed by atoms with van der Waals surface area (Å²) in [6, 6.07) is 7.25. The van der Waals surface area contributed by atoms with Crippen molar-refractivity contribution in [2.24, 2.45) is 5.73 Å². The summed E-state index contributed by atoms with van der Waals surface area (Å²) in [7, 11) is 0. The van der Waals surface area contributed by atoms with Crippen LogP contribution in [0.3, 0.4) is 0 Å². The molecule has 1 unspecified atom stereocenters. The number of rotatable bonds is 6. The number of nitrogens with one attached hydrogen (secondary N) is 2. The maximum absolute atomic E-state index is 14.2. The normalized spacial score (nSPS) is 11.5. The van der Waals surface area contributed by atoms with Gasteiger partial charge in [-0.1, -0.05) is 18.2 Å². The molecule has 0 aromatic heterocycles. The molecule has 0 bridgehead atoms. The largest absolute Gasteiger partial charge is 0.465 e. The van der Waals surface area contributed by atoms with Crippen LogP contribution in [0.15, 0.2) is 36.4 Å². The van der Waals surface area contributed by atoms with Gasteiger partial charge in [0.05, 0.1) is 17.2 Å². The van der Waals surface area contributed by atoms with E-state index in [1.807, 2.05) is 0 Å². The van der Waals surface area contributed by atoms with E-state index >= 15 is 0 Å². The molecule has 0 saturated heterocycles. The topological polar surface area (TPSA) is 122 Å². The zero-order valence-electron chi connectivity index (χ0n) is 14.3.